The van der Waals surface area contributed by atoms with Gasteiger partial charge in [-0.15, -0.1) is 0 Å². The Hall–Kier alpha value is -0.870. The molecule has 3 aliphatic rings. The van der Waals surface area contributed by atoms with E-state index in [-0.39, 0.29) is 12.0 Å². The average molecular weight is 293 g/mol. The van der Waals surface area contributed by atoms with Gasteiger partial charge in [-0.2, -0.15) is 0 Å². The maximum atomic E-state index is 12.4. The fourth-order valence-corrected chi connectivity index (χ4v) is 3.85. The molecule has 3 rings (SSSR count). The Labute approximate surface area is 127 Å². The van der Waals surface area contributed by atoms with Crippen LogP contribution in [0.3, 0.4) is 0 Å². The smallest absolute Gasteiger partial charge is 0.249 e. The first-order valence-electron chi connectivity index (χ1n) is 8.40. The van der Waals surface area contributed by atoms with Crippen molar-refractivity contribution in [2.75, 3.05) is 32.9 Å². The van der Waals surface area contributed by atoms with Crippen LogP contribution in [-0.4, -0.2) is 49.8 Å². The van der Waals surface area contributed by atoms with E-state index < -0.39 is 0 Å². The van der Waals surface area contributed by atoms with Gasteiger partial charge in [0.2, 0.25) is 5.91 Å². The second-order valence-electron chi connectivity index (χ2n) is 6.71. The molecule has 4 nitrogen and oxygen atoms in total. The summed E-state index contributed by atoms with van der Waals surface area (Å²) < 4.78 is 11.4. The topological polar surface area (TPSA) is 38.8 Å². The summed E-state index contributed by atoms with van der Waals surface area (Å²) in [6, 6.07) is 0. The molecule has 1 amide bonds. The third-order valence-electron chi connectivity index (χ3n) is 5.22. The van der Waals surface area contributed by atoms with Gasteiger partial charge in [0.25, 0.3) is 0 Å². The molecule has 2 heterocycles. The van der Waals surface area contributed by atoms with Crippen molar-refractivity contribution in [1.82, 2.24) is 4.90 Å². The highest BCUT2D eigenvalue weighted by atomic mass is 16.5. The lowest BCUT2D eigenvalue weighted by atomic mass is 9.76. The monoisotopic (exact) mass is 293 g/mol. The highest BCUT2D eigenvalue weighted by molar-refractivity contribution is 5.93. The Morgan fingerprint density at radius 3 is 2.95 bits per heavy atom. The maximum absolute atomic E-state index is 12.4. The molecular weight excluding hydrogens is 266 g/mol. The molecule has 2 fully saturated rings. The van der Waals surface area contributed by atoms with Gasteiger partial charge < -0.3 is 14.4 Å². The summed E-state index contributed by atoms with van der Waals surface area (Å²) in [5, 5.41) is 0. The normalized spacial score (nSPS) is 28.1. The van der Waals surface area contributed by atoms with Gasteiger partial charge in [-0.3, -0.25) is 4.79 Å². The molecule has 118 valence electrons. The second kappa shape index (κ2) is 6.49. The predicted molar refractivity (Wildman–Crippen MR) is 81.0 cm³/mol. The van der Waals surface area contributed by atoms with Crippen molar-refractivity contribution in [3.05, 3.63) is 11.6 Å². The van der Waals surface area contributed by atoms with Crippen molar-refractivity contribution < 1.29 is 14.3 Å². The van der Waals surface area contributed by atoms with E-state index in [2.05, 4.69) is 11.0 Å². The molecule has 0 unspecified atom stereocenters. The molecule has 0 aromatic carbocycles. The van der Waals surface area contributed by atoms with Crippen LogP contribution in [0.1, 0.15) is 45.4 Å². The van der Waals surface area contributed by atoms with Crippen molar-refractivity contribution >= 4 is 5.91 Å². The average Bonchev–Trinajstić information content (AvgIpc) is 3.16. The van der Waals surface area contributed by atoms with Crippen molar-refractivity contribution in [1.29, 1.82) is 0 Å². The molecule has 1 aliphatic carbocycles. The number of carbonyl (C=O) groups is 1. The first kappa shape index (κ1) is 15.0. The van der Waals surface area contributed by atoms with Crippen LogP contribution in [-0.2, 0) is 14.3 Å². The quantitative estimate of drug-likeness (QED) is 0.799. The number of likely N-dealkylation sites (tertiary alicyclic amines) is 1. The van der Waals surface area contributed by atoms with Crippen LogP contribution in [0, 0.1) is 5.41 Å². The molecule has 2 aliphatic heterocycles. The standard InChI is InChI=1S/C17H27NO3/c1-2-20-12-15-11-17(13-21-15)7-9-18(10-8-17)16(19)14-5-3-4-6-14/h5,15H,2-4,6-13H2,1H3/t15-/m0/s1. The van der Waals surface area contributed by atoms with Crippen LogP contribution in [0.2, 0.25) is 0 Å². The maximum Gasteiger partial charge on any atom is 0.249 e. The van der Waals surface area contributed by atoms with Gasteiger partial charge in [0, 0.05) is 25.3 Å². The Morgan fingerprint density at radius 2 is 2.29 bits per heavy atom. The number of rotatable bonds is 4. The molecule has 0 radical (unpaired) electrons. The van der Waals surface area contributed by atoms with E-state index >= 15 is 0 Å². The van der Waals surface area contributed by atoms with Crippen molar-refractivity contribution in [3.63, 3.8) is 0 Å². The Bertz CT molecular complexity index is 410. The van der Waals surface area contributed by atoms with E-state index in [1.807, 2.05) is 6.92 Å². The van der Waals surface area contributed by atoms with E-state index in [1.54, 1.807) is 0 Å². The molecule has 0 saturated carbocycles. The van der Waals surface area contributed by atoms with Crippen molar-refractivity contribution in [2.45, 2.75) is 51.6 Å². The Morgan fingerprint density at radius 1 is 1.48 bits per heavy atom. The number of piperidine rings is 1. The summed E-state index contributed by atoms with van der Waals surface area (Å²) in [4.78, 5) is 14.5. The Kier molecular flexibility index (Phi) is 4.65. The summed E-state index contributed by atoms with van der Waals surface area (Å²) in [6.07, 6.45) is 8.83. The van der Waals surface area contributed by atoms with Crippen LogP contribution in [0.15, 0.2) is 11.6 Å². The van der Waals surface area contributed by atoms with Gasteiger partial charge in [-0.25, -0.2) is 0 Å². The SMILES string of the molecule is CCOC[C@@H]1CC2(CCN(C(=O)C3=CCCC3)CC2)CO1. The summed E-state index contributed by atoms with van der Waals surface area (Å²) in [5.41, 5.74) is 1.34. The fourth-order valence-electron chi connectivity index (χ4n) is 3.85. The predicted octanol–water partition coefficient (Wildman–Crippen LogP) is 2.53. The minimum Gasteiger partial charge on any atom is -0.379 e. The molecule has 1 atom stereocenters. The molecule has 0 aromatic heterocycles. The van der Waals surface area contributed by atoms with Gasteiger partial charge in [0.15, 0.2) is 0 Å². The van der Waals surface area contributed by atoms with Crippen molar-refractivity contribution in [3.8, 4) is 0 Å². The largest absolute Gasteiger partial charge is 0.379 e. The number of allylic oxidation sites excluding steroid dienone is 1. The lowest BCUT2D eigenvalue weighted by Crippen LogP contribution is -2.44. The van der Waals surface area contributed by atoms with Crippen LogP contribution in [0.4, 0.5) is 0 Å². The van der Waals surface area contributed by atoms with Crippen molar-refractivity contribution in [2.24, 2.45) is 5.41 Å². The van der Waals surface area contributed by atoms with E-state index in [9.17, 15) is 4.79 Å². The molecular formula is C17H27NO3. The first-order chi connectivity index (χ1) is 10.2. The summed E-state index contributed by atoms with van der Waals surface area (Å²) >= 11 is 0. The van der Waals surface area contributed by atoms with E-state index in [4.69, 9.17) is 9.47 Å². The molecule has 0 bridgehead atoms. The minimum atomic E-state index is 0.254. The van der Waals surface area contributed by atoms with E-state index in [1.165, 1.54) is 0 Å². The second-order valence-corrected chi connectivity index (χ2v) is 6.71. The molecule has 0 N–H and O–H groups in total. The minimum absolute atomic E-state index is 0.254. The van der Waals surface area contributed by atoms with Crippen LogP contribution < -0.4 is 0 Å². The number of hydrogen-bond donors (Lipinski definition) is 0. The van der Waals surface area contributed by atoms with Crippen LogP contribution in [0.25, 0.3) is 0 Å². The van der Waals surface area contributed by atoms with E-state index in [0.717, 1.165) is 70.4 Å². The number of nitrogens with zero attached hydrogens (tertiary/aromatic N) is 1. The van der Waals surface area contributed by atoms with Gasteiger partial charge in [-0.05, 0) is 50.9 Å². The summed E-state index contributed by atoms with van der Waals surface area (Å²) in [6.45, 7) is 6.11. The van der Waals surface area contributed by atoms with Crippen LogP contribution >= 0.6 is 0 Å². The third kappa shape index (κ3) is 3.32. The summed E-state index contributed by atoms with van der Waals surface area (Å²) in [7, 11) is 0. The molecule has 4 heteroatoms. The zero-order chi connectivity index (χ0) is 14.7. The Balaban J connectivity index is 1.50. The van der Waals surface area contributed by atoms with Gasteiger partial charge in [-0.1, -0.05) is 6.08 Å². The summed E-state index contributed by atoms with van der Waals surface area (Å²) in [5.74, 6) is 0.284. The lowest BCUT2D eigenvalue weighted by Gasteiger charge is -2.38. The van der Waals surface area contributed by atoms with Gasteiger partial charge >= 0.3 is 0 Å². The highest BCUT2D eigenvalue weighted by Crippen LogP contribution is 2.42. The molecule has 21 heavy (non-hydrogen) atoms. The molecule has 2 saturated heterocycles. The first-order valence-corrected chi connectivity index (χ1v) is 8.40. The number of ether oxygens (including phenoxy) is 2. The zero-order valence-corrected chi connectivity index (χ0v) is 13.1. The number of hydrogen-bond acceptors (Lipinski definition) is 3. The number of amides is 1. The fraction of sp³-hybridized carbons (Fsp3) is 0.824. The lowest BCUT2D eigenvalue weighted by molar-refractivity contribution is -0.129. The van der Waals surface area contributed by atoms with E-state index in [0.29, 0.717) is 12.0 Å². The van der Waals surface area contributed by atoms with Gasteiger partial charge in [0.1, 0.15) is 0 Å². The molecule has 1 spiro atoms. The number of carbonyl (C=O) groups excluding carboxylic acids is 1. The van der Waals surface area contributed by atoms with Gasteiger partial charge in [0.05, 0.1) is 19.3 Å². The highest BCUT2D eigenvalue weighted by Gasteiger charge is 2.43. The molecule has 0 aromatic rings. The third-order valence-corrected chi connectivity index (χ3v) is 5.22. The van der Waals surface area contributed by atoms with Crippen LogP contribution in [0.5, 0.6) is 0 Å². The zero-order valence-electron chi connectivity index (χ0n) is 13.1.